The first-order valence-electron chi connectivity index (χ1n) is 7.57. The number of carbonyl (C=O) groups is 2. The van der Waals surface area contributed by atoms with Gasteiger partial charge in [0.15, 0.2) is 0 Å². The maximum atomic E-state index is 11.8. The van der Waals surface area contributed by atoms with Crippen molar-refractivity contribution in [2.24, 2.45) is 0 Å². The van der Waals surface area contributed by atoms with Crippen LogP contribution in [0, 0.1) is 0 Å². The lowest BCUT2D eigenvalue weighted by atomic mass is 10.1. The smallest absolute Gasteiger partial charge is 0.221 e. The number of carbonyl (C=O) groups excluding carboxylic acids is 2. The summed E-state index contributed by atoms with van der Waals surface area (Å²) < 4.78 is 0. The first kappa shape index (κ1) is 16.0. The minimum atomic E-state index is 0.0369. The summed E-state index contributed by atoms with van der Waals surface area (Å²) in [5, 5.41) is 2.88. The van der Waals surface area contributed by atoms with Crippen LogP contribution < -0.4 is 5.32 Å². The number of rotatable bonds is 5. The molecule has 0 aromatic rings. The maximum absolute atomic E-state index is 11.8. The third-order valence-electron chi connectivity index (χ3n) is 3.70. The Kier molecular flexibility index (Phi) is 6.89. The van der Waals surface area contributed by atoms with E-state index in [9.17, 15) is 9.59 Å². The Bertz CT molecular complexity index is 295. The molecule has 0 aliphatic heterocycles. The second-order valence-corrected chi connectivity index (χ2v) is 5.83. The van der Waals surface area contributed by atoms with Crippen LogP contribution in [0.5, 0.6) is 0 Å². The molecule has 1 aliphatic rings. The van der Waals surface area contributed by atoms with E-state index in [0.717, 1.165) is 12.8 Å². The molecular formula is C15H28N2O2. The molecule has 0 radical (unpaired) electrons. The van der Waals surface area contributed by atoms with Crippen LogP contribution in [0.4, 0.5) is 0 Å². The van der Waals surface area contributed by atoms with Crippen LogP contribution in [0.25, 0.3) is 0 Å². The molecule has 2 amide bonds. The van der Waals surface area contributed by atoms with Gasteiger partial charge in [-0.2, -0.15) is 0 Å². The normalized spacial score (nSPS) is 17.1. The molecule has 0 aromatic heterocycles. The molecule has 0 saturated heterocycles. The van der Waals surface area contributed by atoms with Crippen molar-refractivity contribution in [3.05, 3.63) is 0 Å². The molecule has 4 heteroatoms. The molecular weight excluding hydrogens is 240 g/mol. The van der Waals surface area contributed by atoms with Crippen molar-refractivity contribution in [3.63, 3.8) is 0 Å². The van der Waals surface area contributed by atoms with E-state index in [2.05, 4.69) is 5.32 Å². The first-order chi connectivity index (χ1) is 9.00. The lowest BCUT2D eigenvalue weighted by Gasteiger charge is -2.30. The van der Waals surface area contributed by atoms with Crippen LogP contribution in [-0.4, -0.2) is 35.3 Å². The minimum absolute atomic E-state index is 0.0369. The van der Waals surface area contributed by atoms with E-state index < -0.39 is 0 Å². The van der Waals surface area contributed by atoms with E-state index in [1.165, 1.54) is 25.7 Å². The molecule has 0 atom stereocenters. The van der Waals surface area contributed by atoms with Crippen molar-refractivity contribution < 1.29 is 9.59 Å². The van der Waals surface area contributed by atoms with Gasteiger partial charge in [0.05, 0.1) is 0 Å². The molecule has 1 N–H and O–H groups in total. The highest BCUT2D eigenvalue weighted by Crippen LogP contribution is 2.22. The highest BCUT2D eigenvalue weighted by Gasteiger charge is 2.22. The van der Waals surface area contributed by atoms with Crippen LogP contribution in [0.2, 0.25) is 0 Å². The SMILES string of the molecule is CC(=O)N(CCC(=O)NC(C)C)C1CCCCCC1. The molecule has 0 bridgehead atoms. The summed E-state index contributed by atoms with van der Waals surface area (Å²) in [6.45, 7) is 6.07. The van der Waals surface area contributed by atoms with Crippen LogP contribution in [0.15, 0.2) is 0 Å². The Morgan fingerprint density at radius 3 is 2.21 bits per heavy atom. The maximum Gasteiger partial charge on any atom is 0.221 e. The summed E-state index contributed by atoms with van der Waals surface area (Å²) >= 11 is 0. The zero-order valence-corrected chi connectivity index (χ0v) is 12.6. The number of hydrogen-bond acceptors (Lipinski definition) is 2. The predicted octanol–water partition coefficient (Wildman–Crippen LogP) is 2.47. The fraction of sp³-hybridized carbons (Fsp3) is 0.867. The Hall–Kier alpha value is -1.06. The molecule has 0 unspecified atom stereocenters. The zero-order chi connectivity index (χ0) is 14.3. The van der Waals surface area contributed by atoms with Crippen LogP contribution >= 0.6 is 0 Å². The molecule has 1 saturated carbocycles. The number of nitrogens with zero attached hydrogens (tertiary/aromatic N) is 1. The fourth-order valence-corrected chi connectivity index (χ4v) is 2.78. The quantitative estimate of drug-likeness (QED) is 0.779. The Morgan fingerprint density at radius 1 is 1.16 bits per heavy atom. The topological polar surface area (TPSA) is 49.4 Å². The van der Waals surface area contributed by atoms with Gasteiger partial charge in [0.2, 0.25) is 11.8 Å². The third-order valence-corrected chi connectivity index (χ3v) is 3.70. The third kappa shape index (κ3) is 6.08. The number of amides is 2. The van der Waals surface area contributed by atoms with E-state index in [1.54, 1.807) is 6.92 Å². The van der Waals surface area contributed by atoms with Crippen molar-refractivity contribution in [1.29, 1.82) is 0 Å². The lowest BCUT2D eigenvalue weighted by Crippen LogP contribution is -2.41. The molecule has 19 heavy (non-hydrogen) atoms. The highest BCUT2D eigenvalue weighted by atomic mass is 16.2. The fourth-order valence-electron chi connectivity index (χ4n) is 2.78. The van der Waals surface area contributed by atoms with Crippen LogP contribution in [-0.2, 0) is 9.59 Å². The van der Waals surface area contributed by atoms with Gasteiger partial charge < -0.3 is 10.2 Å². The van der Waals surface area contributed by atoms with Gasteiger partial charge in [-0.3, -0.25) is 9.59 Å². The number of hydrogen-bond donors (Lipinski definition) is 1. The summed E-state index contributed by atoms with van der Waals surface area (Å²) in [6.07, 6.45) is 7.54. The summed E-state index contributed by atoms with van der Waals surface area (Å²) in [4.78, 5) is 25.4. The van der Waals surface area contributed by atoms with E-state index in [-0.39, 0.29) is 17.9 Å². The standard InChI is InChI=1S/C15H28N2O2/c1-12(2)16-15(19)10-11-17(13(3)18)14-8-6-4-5-7-9-14/h12,14H,4-11H2,1-3H3,(H,16,19). The molecule has 0 heterocycles. The van der Waals surface area contributed by atoms with E-state index in [4.69, 9.17) is 0 Å². The Morgan fingerprint density at radius 2 is 1.74 bits per heavy atom. The number of nitrogens with one attached hydrogen (secondary N) is 1. The summed E-state index contributed by atoms with van der Waals surface area (Å²) in [5.41, 5.74) is 0. The van der Waals surface area contributed by atoms with Gasteiger partial charge in [-0.05, 0) is 26.7 Å². The Labute approximate surface area is 116 Å². The summed E-state index contributed by atoms with van der Waals surface area (Å²) in [7, 11) is 0. The molecule has 1 aliphatic carbocycles. The van der Waals surface area contributed by atoms with E-state index in [0.29, 0.717) is 19.0 Å². The molecule has 110 valence electrons. The molecule has 4 nitrogen and oxygen atoms in total. The van der Waals surface area contributed by atoms with E-state index >= 15 is 0 Å². The monoisotopic (exact) mass is 268 g/mol. The predicted molar refractivity (Wildman–Crippen MR) is 76.8 cm³/mol. The van der Waals surface area contributed by atoms with Crippen molar-refractivity contribution in [2.45, 2.75) is 77.8 Å². The van der Waals surface area contributed by atoms with Crippen LogP contribution in [0.3, 0.4) is 0 Å². The molecule has 0 aromatic carbocycles. The van der Waals surface area contributed by atoms with Crippen molar-refractivity contribution in [2.75, 3.05) is 6.54 Å². The van der Waals surface area contributed by atoms with Gasteiger partial charge in [-0.1, -0.05) is 25.7 Å². The minimum Gasteiger partial charge on any atom is -0.354 e. The Balaban J connectivity index is 2.47. The van der Waals surface area contributed by atoms with Gasteiger partial charge in [0, 0.05) is 32.0 Å². The van der Waals surface area contributed by atoms with Crippen LogP contribution in [0.1, 0.15) is 65.7 Å². The highest BCUT2D eigenvalue weighted by molar-refractivity contribution is 5.78. The van der Waals surface area contributed by atoms with Gasteiger partial charge >= 0.3 is 0 Å². The second-order valence-electron chi connectivity index (χ2n) is 5.83. The van der Waals surface area contributed by atoms with Gasteiger partial charge in [0.1, 0.15) is 0 Å². The van der Waals surface area contributed by atoms with Crippen molar-refractivity contribution in [1.82, 2.24) is 10.2 Å². The van der Waals surface area contributed by atoms with Crippen molar-refractivity contribution >= 4 is 11.8 Å². The largest absolute Gasteiger partial charge is 0.354 e. The summed E-state index contributed by atoms with van der Waals surface area (Å²) in [5.74, 6) is 0.138. The average Bonchev–Trinajstić information content (AvgIpc) is 2.56. The zero-order valence-electron chi connectivity index (χ0n) is 12.6. The van der Waals surface area contributed by atoms with Gasteiger partial charge in [-0.25, -0.2) is 0 Å². The molecule has 1 fully saturated rings. The molecule has 1 rings (SSSR count). The average molecular weight is 268 g/mol. The summed E-state index contributed by atoms with van der Waals surface area (Å²) in [6, 6.07) is 0.503. The van der Waals surface area contributed by atoms with Gasteiger partial charge in [-0.15, -0.1) is 0 Å². The molecule has 0 spiro atoms. The van der Waals surface area contributed by atoms with Crippen molar-refractivity contribution in [3.8, 4) is 0 Å². The van der Waals surface area contributed by atoms with Gasteiger partial charge in [0.25, 0.3) is 0 Å². The van der Waals surface area contributed by atoms with E-state index in [1.807, 2.05) is 18.7 Å². The lowest BCUT2D eigenvalue weighted by molar-refractivity contribution is -0.132. The second kappa shape index (κ2) is 8.18. The first-order valence-corrected chi connectivity index (χ1v) is 7.57.